The third-order valence-electron chi connectivity index (χ3n) is 6.44. The molecule has 2 aliphatic heterocycles. The maximum Gasteiger partial charge on any atom is 0.253 e. The molecule has 0 bridgehead atoms. The summed E-state index contributed by atoms with van der Waals surface area (Å²) < 4.78 is 0. The average Bonchev–Trinajstić information content (AvgIpc) is 3.23. The Morgan fingerprint density at radius 3 is 2.33 bits per heavy atom. The Morgan fingerprint density at radius 1 is 1.03 bits per heavy atom. The second-order valence-corrected chi connectivity index (χ2v) is 9.51. The van der Waals surface area contributed by atoms with Crippen molar-refractivity contribution in [2.75, 3.05) is 39.3 Å². The van der Waals surface area contributed by atoms with Crippen LogP contribution in [0, 0.1) is 19.8 Å². The van der Waals surface area contributed by atoms with Crippen molar-refractivity contribution in [1.82, 2.24) is 14.7 Å². The summed E-state index contributed by atoms with van der Waals surface area (Å²) in [5.41, 5.74) is 3.00. The fraction of sp³-hybridized carbons (Fsp3) is 0.680. The lowest BCUT2D eigenvalue weighted by Crippen LogP contribution is -2.53. The van der Waals surface area contributed by atoms with E-state index in [-0.39, 0.29) is 23.8 Å². The SMILES string of the molecule is Cc1cc(C)cc(C(=O)N2CCCC(N(CCCN3CCCC3)C(=O)C(C)C)C2)c1. The molecule has 0 aromatic heterocycles. The molecule has 0 N–H and O–H groups in total. The molecule has 2 amide bonds. The summed E-state index contributed by atoms with van der Waals surface area (Å²) in [6.07, 6.45) is 5.55. The zero-order valence-electron chi connectivity index (χ0n) is 19.3. The number of likely N-dealkylation sites (tertiary alicyclic amines) is 2. The van der Waals surface area contributed by atoms with Crippen LogP contribution in [0.2, 0.25) is 0 Å². The highest BCUT2D eigenvalue weighted by molar-refractivity contribution is 5.94. The zero-order valence-corrected chi connectivity index (χ0v) is 19.3. The molecule has 5 heteroatoms. The molecule has 0 spiro atoms. The molecule has 30 heavy (non-hydrogen) atoms. The van der Waals surface area contributed by atoms with E-state index in [1.54, 1.807) is 0 Å². The third kappa shape index (κ3) is 5.84. The summed E-state index contributed by atoms with van der Waals surface area (Å²) in [6.45, 7) is 13.7. The second-order valence-electron chi connectivity index (χ2n) is 9.51. The van der Waals surface area contributed by atoms with Gasteiger partial charge in [0.15, 0.2) is 0 Å². The number of hydrogen-bond acceptors (Lipinski definition) is 3. The Balaban J connectivity index is 1.66. The molecule has 1 unspecified atom stereocenters. The first-order valence-corrected chi connectivity index (χ1v) is 11.8. The van der Waals surface area contributed by atoms with E-state index in [0.29, 0.717) is 6.54 Å². The number of benzene rings is 1. The maximum absolute atomic E-state index is 13.2. The standard InChI is InChI=1S/C25H39N3O2/c1-19(2)24(29)28(14-8-12-26-10-5-6-11-26)23-9-7-13-27(18-23)25(30)22-16-20(3)15-21(4)17-22/h15-17,19,23H,5-14,18H2,1-4H3. The van der Waals surface area contributed by atoms with Gasteiger partial charge in [-0.05, 0) is 77.7 Å². The molecule has 2 saturated heterocycles. The number of carbonyl (C=O) groups excluding carboxylic acids is 2. The third-order valence-corrected chi connectivity index (χ3v) is 6.44. The minimum atomic E-state index is -0.0118. The Bertz CT molecular complexity index is 720. The normalized spacial score (nSPS) is 20.0. The van der Waals surface area contributed by atoms with E-state index in [1.165, 1.54) is 25.9 Å². The van der Waals surface area contributed by atoms with Gasteiger partial charge in [0.1, 0.15) is 0 Å². The summed E-state index contributed by atoms with van der Waals surface area (Å²) in [4.78, 5) is 32.7. The topological polar surface area (TPSA) is 43.9 Å². The lowest BCUT2D eigenvalue weighted by molar-refractivity contribution is -0.138. The predicted octanol–water partition coefficient (Wildman–Crippen LogP) is 3.88. The summed E-state index contributed by atoms with van der Waals surface area (Å²) in [6, 6.07) is 6.18. The van der Waals surface area contributed by atoms with Crippen molar-refractivity contribution in [2.24, 2.45) is 5.92 Å². The van der Waals surface area contributed by atoms with E-state index in [1.807, 2.05) is 44.7 Å². The van der Waals surface area contributed by atoms with Crippen LogP contribution in [0.15, 0.2) is 18.2 Å². The van der Waals surface area contributed by atoms with Crippen molar-refractivity contribution >= 4 is 11.8 Å². The van der Waals surface area contributed by atoms with E-state index in [9.17, 15) is 9.59 Å². The highest BCUT2D eigenvalue weighted by atomic mass is 16.2. The predicted molar refractivity (Wildman–Crippen MR) is 122 cm³/mol. The van der Waals surface area contributed by atoms with Crippen molar-refractivity contribution in [1.29, 1.82) is 0 Å². The van der Waals surface area contributed by atoms with Crippen LogP contribution in [-0.4, -0.2) is 71.8 Å². The average molecular weight is 414 g/mol. The lowest BCUT2D eigenvalue weighted by atomic mass is 10.00. The van der Waals surface area contributed by atoms with Gasteiger partial charge < -0.3 is 14.7 Å². The summed E-state index contributed by atoms with van der Waals surface area (Å²) in [5.74, 6) is 0.310. The van der Waals surface area contributed by atoms with E-state index in [2.05, 4.69) is 15.9 Å². The number of carbonyl (C=O) groups is 2. The number of nitrogens with zero attached hydrogens (tertiary/aromatic N) is 3. The lowest BCUT2D eigenvalue weighted by Gasteiger charge is -2.40. The highest BCUT2D eigenvalue weighted by Crippen LogP contribution is 2.21. The van der Waals surface area contributed by atoms with Crippen LogP contribution in [-0.2, 0) is 4.79 Å². The monoisotopic (exact) mass is 413 g/mol. The molecule has 0 saturated carbocycles. The molecule has 1 atom stereocenters. The highest BCUT2D eigenvalue weighted by Gasteiger charge is 2.31. The van der Waals surface area contributed by atoms with Crippen LogP contribution in [0.5, 0.6) is 0 Å². The number of piperidine rings is 1. The Labute approximate surface area is 182 Å². The minimum absolute atomic E-state index is 0.0118. The molecule has 5 nitrogen and oxygen atoms in total. The van der Waals surface area contributed by atoms with E-state index < -0.39 is 0 Å². The van der Waals surface area contributed by atoms with Gasteiger partial charge in [-0.15, -0.1) is 0 Å². The van der Waals surface area contributed by atoms with Gasteiger partial charge in [0.05, 0.1) is 0 Å². The van der Waals surface area contributed by atoms with Gasteiger partial charge in [0.2, 0.25) is 5.91 Å². The van der Waals surface area contributed by atoms with Gasteiger partial charge >= 0.3 is 0 Å². The minimum Gasteiger partial charge on any atom is -0.338 e. The van der Waals surface area contributed by atoms with Crippen LogP contribution >= 0.6 is 0 Å². The molecular formula is C25H39N3O2. The first kappa shape index (κ1) is 22.8. The largest absolute Gasteiger partial charge is 0.338 e. The molecule has 166 valence electrons. The van der Waals surface area contributed by atoms with Crippen LogP contribution in [0.4, 0.5) is 0 Å². The molecule has 2 heterocycles. The van der Waals surface area contributed by atoms with E-state index in [4.69, 9.17) is 0 Å². The summed E-state index contributed by atoms with van der Waals surface area (Å²) in [5, 5.41) is 0. The van der Waals surface area contributed by atoms with Crippen LogP contribution in [0.1, 0.15) is 67.4 Å². The van der Waals surface area contributed by atoms with E-state index >= 15 is 0 Å². The van der Waals surface area contributed by atoms with Gasteiger partial charge in [0, 0.05) is 37.2 Å². The second kappa shape index (κ2) is 10.4. The van der Waals surface area contributed by atoms with Crippen molar-refractivity contribution < 1.29 is 9.59 Å². The van der Waals surface area contributed by atoms with Crippen molar-refractivity contribution in [3.05, 3.63) is 34.9 Å². The first-order valence-electron chi connectivity index (χ1n) is 11.8. The zero-order chi connectivity index (χ0) is 21.7. The van der Waals surface area contributed by atoms with Gasteiger partial charge in [-0.1, -0.05) is 31.0 Å². The number of rotatable bonds is 7. The first-order chi connectivity index (χ1) is 14.3. The smallest absolute Gasteiger partial charge is 0.253 e. The molecule has 3 rings (SSSR count). The molecule has 0 radical (unpaired) electrons. The van der Waals surface area contributed by atoms with Gasteiger partial charge in [0.25, 0.3) is 5.91 Å². The molecule has 1 aromatic rings. The molecule has 2 fully saturated rings. The van der Waals surface area contributed by atoms with Crippen molar-refractivity contribution in [3.63, 3.8) is 0 Å². The molecule has 2 aliphatic rings. The quantitative estimate of drug-likeness (QED) is 0.681. The Kier molecular flexibility index (Phi) is 7.93. The van der Waals surface area contributed by atoms with Crippen LogP contribution < -0.4 is 0 Å². The molecule has 0 aliphatic carbocycles. The van der Waals surface area contributed by atoms with Crippen LogP contribution in [0.3, 0.4) is 0 Å². The molecular weight excluding hydrogens is 374 g/mol. The van der Waals surface area contributed by atoms with Gasteiger partial charge in [-0.3, -0.25) is 9.59 Å². The van der Waals surface area contributed by atoms with Crippen molar-refractivity contribution in [3.8, 4) is 0 Å². The van der Waals surface area contributed by atoms with E-state index in [0.717, 1.165) is 55.6 Å². The fourth-order valence-electron chi connectivity index (χ4n) is 4.95. The van der Waals surface area contributed by atoms with Crippen molar-refractivity contribution in [2.45, 2.75) is 65.8 Å². The Hall–Kier alpha value is -1.88. The maximum atomic E-state index is 13.2. The number of hydrogen-bond donors (Lipinski definition) is 0. The number of amides is 2. The van der Waals surface area contributed by atoms with Gasteiger partial charge in [-0.25, -0.2) is 0 Å². The van der Waals surface area contributed by atoms with Gasteiger partial charge in [-0.2, -0.15) is 0 Å². The van der Waals surface area contributed by atoms with Crippen LogP contribution in [0.25, 0.3) is 0 Å². The number of aryl methyl sites for hydroxylation is 2. The molecule has 1 aromatic carbocycles. The summed E-state index contributed by atoms with van der Waals surface area (Å²) in [7, 11) is 0. The fourth-order valence-corrected chi connectivity index (χ4v) is 4.95. The Morgan fingerprint density at radius 2 is 1.70 bits per heavy atom. The summed E-state index contributed by atoms with van der Waals surface area (Å²) >= 11 is 0.